The van der Waals surface area contributed by atoms with Gasteiger partial charge in [-0.2, -0.15) is 0 Å². The zero-order valence-corrected chi connectivity index (χ0v) is 12.0. The molecule has 0 aliphatic carbocycles. The first-order chi connectivity index (χ1) is 7.45. The summed E-state index contributed by atoms with van der Waals surface area (Å²) in [6.45, 7) is 9.15. The van der Waals surface area contributed by atoms with Crippen LogP contribution in [0.5, 0.6) is 0 Å². The third-order valence-electron chi connectivity index (χ3n) is 3.19. The average Bonchev–Trinajstić information content (AvgIpc) is 2.19. The summed E-state index contributed by atoms with van der Waals surface area (Å²) in [5.74, 6) is 0. The van der Waals surface area contributed by atoms with E-state index >= 15 is 0 Å². The Morgan fingerprint density at radius 1 is 0.875 bits per heavy atom. The Kier molecular flexibility index (Phi) is 9.02. The van der Waals surface area contributed by atoms with Crippen LogP contribution in [-0.2, 0) is 0 Å². The Morgan fingerprint density at radius 2 is 1.44 bits per heavy atom. The van der Waals surface area contributed by atoms with E-state index in [-0.39, 0.29) is 0 Å². The molecule has 1 heteroatoms. The van der Waals surface area contributed by atoms with Gasteiger partial charge in [0, 0.05) is 6.04 Å². The molecule has 0 fully saturated rings. The lowest BCUT2D eigenvalue weighted by Crippen LogP contribution is -2.22. The van der Waals surface area contributed by atoms with Gasteiger partial charge in [0.05, 0.1) is 0 Å². The summed E-state index contributed by atoms with van der Waals surface area (Å²) in [6.07, 6.45) is 11.9. The second-order valence-electron chi connectivity index (χ2n) is 6.42. The molecule has 1 unspecified atom stereocenters. The van der Waals surface area contributed by atoms with Crippen LogP contribution in [0.2, 0.25) is 0 Å². The minimum atomic E-state index is 0.436. The van der Waals surface area contributed by atoms with Crippen LogP contribution in [0.4, 0.5) is 0 Å². The highest BCUT2D eigenvalue weighted by Gasteiger charge is 2.12. The van der Waals surface area contributed by atoms with Crippen molar-refractivity contribution >= 4 is 0 Å². The molecule has 1 nitrogen and oxygen atoms in total. The summed E-state index contributed by atoms with van der Waals surface area (Å²) in [6, 6.07) is 0.436. The van der Waals surface area contributed by atoms with Crippen LogP contribution in [0.25, 0.3) is 0 Å². The smallest absolute Gasteiger partial charge is 0.00390 e. The molecule has 0 rings (SSSR count). The van der Waals surface area contributed by atoms with Crippen molar-refractivity contribution in [3.8, 4) is 0 Å². The minimum Gasteiger partial charge on any atom is -0.328 e. The fraction of sp³-hybridized carbons (Fsp3) is 1.00. The summed E-state index contributed by atoms with van der Waals surface area (Å²) in [7, 11) is 0. The maximum absolute atomic E-state index is 6.12. The van der Waals surface area contributed by atoms with E-state index in [9.17, 15) is 0 Å². The molecule has 98 valence electrons. The molecule has 0 aliphatic heterocycles. The van der Waals surface area contributed by atoms with Gasteiger partial charge in [-0.3, -0.25) is 0 Å². The van der Waals surface area contributed by atoms with E-state index in [2.05, 4.69) is 27.7 Å². The average molecular weight is 227 g/mol. The van der Waals surface area contributed by atoms with Gasteiger partial charge in [0.15, 0.2) is 0 Å². The zero-order valence-electron chi connectivity index (χ0n) is 12.0. The van der Waals surface area contributed by atoms with Gasteiger partial charge in [0.25, 0.3) is 0 Å². The number of hydrogen-bond acceptors (Lipinski definition) is 1. The third kappa shape index (κ3) is 12.0. The molecule has 0 aromatic carbocycles. The molecule has 0 heterocycles. The van der Waals surface area contributed by atoms with Crippen LogP contribution in [-0.4, -0.2) is 6.04 Å². The monoisotopic (exact) mass is 227 g/mol. The normalized spacial score (nSPS) is 14.1. The second kappa shape index (κ2) is 9.04. The van der Waals surface area contributed by atoms with E-state index in [4.69, 9.17) is 5.73 Å². The quantitative estimate of drug-likeness (QED) is 0.558. The molecular weight excluding hydrogens is 194 g/mol. The summed E-state index contributed by atoms with van der Waals surface area (Å²) >= 11 is 0. The predicted molar refractivity (Wildman–Crippen MR) is 74.7 cm³/mol. The maximum atomic E-state index is 6.12. The second-order valence-corrected chi connectivity index (χ2v) is 6.42. The molecule has 0 aromatic heterocycles. The van der Waals surface area contributed by atoms with Crippen LogP contribution < -0.4 is 5.73 Å². The molecule has 0 saturated heterocycles. The van der Waals surface area contributed by atoms with Crippen molar-refractivity contribution in [3.63, 3.8) is 0 Å². The lowest BCUT2D eigenvalue weighted by molar-refractivity contribution is 0.340. The van der Waals surface area contributed by atoms with E-state index < -0.39 is 0 Å². The van der Waals surface area contributed by atoms with Crippen LogP contribution >= 0.6 is 0 Å². The zero-order chi connectivity index (χ0) is 12.4. The molecule has 16 heavy (non-hydrogen) atoms. The van der Waals surface area contributed by atoms with E-state index in [1.54, 1.807) is 0 Å². The van der Waals surface area contributed by atoms with Gasteiger partial charge in [-0.05, 0) is 24.7 Å². The first-order valence-electron chi connectivity index (χ1n) is 7.21. The molecule has 2 N–H and O–H groups in total. The topological polar surface area (TPSA) is 26.0 Å². The molecule has 1 atom stereocenters. The van der Waals surface area contributed by atoms with Crippen molar-refractivity contribution < 1.29 is 0 Å². The van der Waals surface area contributed by atoms with Gasteiger partial charge in [0.1, 0.15) is 0 Å². The third-order valence-corrected chi connectivity index (χ3v) is 3.19. The molecule has 0 saturated carbocycles. The Balaban J connectivity index is 3.27. The standard InChI is InChI=1S/C15H33N/c1-5-6-7-8-9-10-11-14(16)12-13-15(2,3)4/h14H,5-13,16H2,1-4H3. The van der Waals surface area contributed by atoms with Gasteiger partial charge in [0.2, 0.25) is 0 Å². The highest BCUT2D eigenvalue weighted by atomic mass is 14.6. The Hall–Kier alpha value is -0.0400. The lowest BCUT2D eigenvalue weighted by Gasteiger charge is -2.20. The number of hydrogen-bond donors (Lipinski definition) is 1. The fourth-order valence-electron chi connectivity index (χ4n) is 1.95. The summed E-state index contributed by atoms with van der Waals surface area (Å²) < 4.78 is 0. The number of rotatable bonds is 9. The van der Waals surface area contributed by atoms with Crippen LogP contribution in [0.15, 0.2) is 0 Å². The fourth-order valence-corrected chi connectivity index (χ4v) is 1.95. The van der Waals surface area contributed by atoms with Gasteiger partial charge in [-0.1, -0.05) is 66.2 Å². The molecule has 0 aliphatic rings. The van der Waals surface area contributed by atoms with Gasteiger partial charge in [-0.15, -0.1) is 0 Å². The SMILES string of the molecule is CCCCCCCCC(N)CCC(C)(C)C. The van der Waals surface area contributed by atoms with Crippen molar-refractivity contribution in [2.75, 3.05) is 0 Å². The largest absolute Gasteiger partial charge is 0.328 e. The molecule has 0 bridgehead atoms. The van der Waals surface area contributed by atoms with Gasteiger partial charge in [-0.25, -0.2) is 0 Å². The first kappa shape index (κ1) is 16.0. The van der Waals surface area contributed by atoms with Crippen LogP contribution in [0, 0.1) is 5.41 Å². The van der Waals surface area contributed by atoms with Crippen molar-refractivity contribution in [3.05, 3.63) is 0 Å². The van der Waals surface area contributed by atoms with Crippen molar-refractivity contribution in [1.82, 2.24) is 0 Å². The van der Waals surface area contributed by atoms with E-state index in [0.29, 0.717) is 11.5 Å². The lowest BCUT2D eigenvalue weighted by atomic mass is 9.88. The molecular formula is C15H33N. The van der Waals surface area contributed by atoms with E-state index in [0.717, 1.165) is 0 Å². The van der Waals surface area contributed by atoms with Crippen molar-refractivity contribution in [2.24, 2.45) is 11.1 Å². The summed E-state index contributed by atoms with van der Waals surface area (Å²) in [5, 5.41) is 0. The Labute approximate surface area is 103 Å². The van der Waals surface area contributed by atoms with Crippen molar-refractivity contribution in [2.45, 2.75) is 91.5 Å². The molecule has 0 radical (unpaired) electrons. The Bertz CT molecular complexity index is 146. The van der Waals surface area contributed by atoms with E-state index in [1.165, 1.54) is 57.8 Å². The van der Waals surface area contributed by atoms with E-state index in [1.807, 2.05) is 0 Å². The Morgan fingerprint density at radius 3 is 2.00 bits per heavy atom. The maximum Gasteiger partial charge on any atom is 0.00390 e. The van der Waals surface area contributed by atoms with Gasteiger partial charge < -0.3 is 5.73 Å². The number of nitrogens with two attached hydrogens (primary N) is 1. The summed E-state index contributed by atoms with van der Waals surface area (Å²) in [5.41, 5.74) is 6.56. The van der Waals surface area contributed by atoms with Crippen LogP contribution in [0.1, 0.15) is 85.5 Å². The highest BCUT2D eigenvalue weighted by molar-refractivity contribution is 4.68. The van der Waals surface area contributed by atoms with Crippen molar-refractivity contribution in [1.29, 1.82) is 0 Å². The molecule has 0 spiro atoms. The molecule has 0 aromatic rings. The highest BCUT2D eigenvalue weighted by Crippen LogP contribution is 2.22. The van der Waals surface area contributed by atoms with Crippen LogP contribution in [0.3, 0.4) is 0 Å². The first-order valence-corrected chi connectivity index (χ1v) is 7.21. The summed E-state index contributed by atoms with van der Waals surface area (Å²) in [4.78, 5) is 0. The number of unbranched alkanes of at least 4 members (excludes halogenated alkanes) is 5. The predicted octanol–water partition coefficient (Wildman–Crippen LogP) is 4.89. The molecule has 0 amide bonds. The van der Waals surface area contributed by atoms with Gasteiger partial charge >= 0.3 is 0 Å². The minimum absolute atomic E-state index is 0.436.